The van der Waals surface area contributed by atoms with Crippen LogP contribution in [0.15, 0.2) is 6.07 Å². The molecule has 0 bridgehead atoms. The molecule has 1 amide bonds. The summed E-state index contributed by atoms with van der Waals surface area (Å²) in [5.41, 5.74) is 1.38. The van der Waals surface area contributed by atoms with Gasteiger partial charge in [0.25, 0.3) is 5.91 Å². The molecule has 1 aliphatic carbocycles. The molecule has 0 unspecified atom stereocenters. The number of amides is 1. The van der Waals surface area contributed by atoms with Gasteiger partial charge in [-0.3, -0.25) is 4.79 Å². The van der Waals surface area contributed by atoms with Crippen molar-refractivity contribution in [3.8, 4) is 0 Å². The highest BCUT2D eigenvalue weighted by atomic mass is 32.1. The van der Waals surface area contributed by atoms with Gasteiger partial charge in [-0.2, -0.15) is 0 Å². The maximum atomic E-state index is 12.2. The lowest BCUT2D eigenvalue weighted by Crippen LogP contribution is -2.40. The van der Waals surface area contributed by atoms with E-state index in [2.05, 4.69) is 11.4 Å². The zero-order valence-corrected chi connectivity index (χ0v) is 11.5. The summed E-state index contributed by atoms with van der Waals surface area (Å²) in [6, 6.07) is 2.18. The first-order valence-electron chi connectivity index (χ1n) is 6.78. The molecule has 1 saturated heterocycles. The van der Waals surface area contributed by atoms with Crippen LogP contribution < -0.4 is 5.32 Å². The van der Waals surface area contributed by atoms with Gasteiger partial charge in [0.2, 0.25) is 0 Å². The lowest BCUT2D eigenvalue weighted by Gasteiger charge is -2.19. The van der Waals surface area contributed by atoms with Crippen LogP contribution in [-0.4, -0.2) is 24.7 Å². The Morgan fingerprint density at radius 2 is 2.39 bits per heavy atom. The van der Waals surface area contributed by atoms with E-state index in [4.69, 9.17) is 4.74 Å². The molecule has 1 aliphatic heterocycles. The number of hydrogen-bond donors (Lipinski definition) is 1. The third kappa shape index (κ3) is 2.31. The van der Waals surface area contributed by atoms with Crippen LogP contribution in [0, 0.1) is 0 Å². The van der Waals surface area contributed by atoms with Crippen molar-refractivity contribution in [3.05, 3.63) is 21.4 Å². The van der Waals surface area contributed by atoms with Crippen LogP contribution in [0.3, 0.4) is 0 Å². The highest BCUT2D eigenvalue weighted by Crippen LogP contribution is 2.30. The summed E-state index contributed by atoms with van der Waals surface area (Å²) in [4.78, 5) is 14.4. The monoisotopic (exact) mass is 265 g/mol. The van der Waals surface area contributed by atoms with E-state index in [0.29, 0.717) is 0 Å². The predicted octanol–water partition coefficient (Wildman–Crippen LogP) is 2.53. The summed E-state index contributed by atoms with van der Waals surface area (Å²) in [7, 11) is 0. The fourth-order valence-electron chi connectivity index (χ4n) is 2.81. The van der Waals surface area contributed by atoms with E-state index >= 15 is 0 Å². The van der Waals surface area contributed by atoms with Crippen molar-refractivity contribution >= 4 is 17.2 Å². The lowest BCUT2D eigenvalue weighted by atomic mass is 10.1. The highest BCUT2D eigenvalue weighted by molar-refractivity contribution is 7.14. The van der Waals surface area contributed by atoms with Crippen molar-refractivity contribution in [2.75, 3.05) is 6.61 Å². The molecule has 0 spiro atoms. The second-order valence-corrected chi connectivity index (χ2v) is 6.36. The number of fused-ring (bicyclic) bond motifs is 1. The minimum absolute atomic E-state index is 0.0670. The Balaban J connectivity index is 1.63. The number of carbonyl (C=O) groups is 1. The van der Waals surface area contributed by atoms with E-state index < -0.39 is 0 Å². The Morgan fingerprint density at radius 3 is 3.11 bits per heavy atom. The van der Waals surface area contributed by atoms with E-state index in [1.54, 1.807) is 11.3 Å². The average molecular weight is 265 g/mol. The summed E-state index contributed by atoms with van der Waals surface area (Å²) < 4.78 is 5.60. The minimum atomic E-state index is 0.0670. The number of nitrogens with one attached hydrogen (secondary N) is 1. The molecule has 1 N–H and O–H groups in total. The van der Waals surface area contributed by atoms with Crippen LogP contribution in [0.4, 0.5) is 0 Å². The topological polar surface area (TPSA) is 38.3 Å². The Labute approximate surface area is 112 Å². The van der Waals surface area contributed by atoms with Gasteiger partial charge in [-0.1, -0.05) is 0 Å². The Kier molecular flexibility index (Phi) is 3.39. The van der Waals surface area contributed by atoms with Gasteiger partial charge in [-0.25, -0.2) is 0 Å². The third-order valence-corrected chi connectivity index (χ3v) is 5.09. The molecule has 98 valence electrons. The van der Waals surface area contributed by atoms with Crippen LogP contribution >= 0.6 is 11.3 Å². The maximum absolute atomic E-state index is 12.2. The van der Waals surface area contributed by atoms with Crippen LogP contribution in [0.25, 0.3) is 0 Å². The molecule has 0 saturated carbocycles. The summed E-state index contributed by atoms with van der Waals surface area (Å²) in [5, 5.41) is 3.07. The largest absolute Gasteiger partial charge is 0.376 e. The van der Waals surface area contributed by atoms with Crippen molar-refractivity contribution in [1.29, 1.82) is 0 Å². The quantitative estimate of drug-likeness (QED) is 0.912. The van der Waals surface area contributed by atoms with Crippen LogP contribution in [0.1, 0.15) is 46.3 Å². The molecule has 2 atom stereocenters. The third-order valence-electron chi connectivity index (χ3n) is 3.85. The standard InChI is InChI=1S/C14H19NO2S/c1-9(11-5-3-7-17-11)15-14(16)13-8-10-4-2-6-12(10)18-13/h8-9,11H,2-7H2,1H3,(H,15,16)/t9-,11+/m1/s1. The number of rotatable bonds is 3. The van der Waals surface area contributed by atoms with Crippen molar-refractivity contribution in [3.63, 3.8) is 0 Å². The van der Waals surface area contributed by atoms with Crippen LogP contribution in [-0.2, 0) is 17.6 Å². The number of thiophene rings is 1. The Hall–Kier alpha value is -0.870. The number of aryl methyl sites for hydroxylation is 2. The molecule has 1 fully saturated rings. The first kappa shape index (κ1) is 12.2. The molecule has 2 heterocycles. The smallest absolute Gasteiger partial charge is 0.261 e. The molecule has 2 aliphatic rings. The number of hydrogen-bond acceptors (Lipinski definition) is 3. The molecule has 1 aromatic heterocycles. The fourth-order valence-corrected chi connectivity index (χ4v) is 3.97. The highest BCUT2D eigenvalue weighted by Gasteiger charge is 2.25. The molecule has 4 heteroatoms. The molecule has 3 rings (SSSR count). The zero-order chi connectivity index (χ0) is 12.5. The first-order valence-corrected chi connectivity index (χ1v) is 7.60. The number of carbonyl (C=O) groups excluding carboxylic acids is 1. The van der Waals surface area contributed by atoms with Gasteiger partial charge in [-0.05, 0) is 50.7 Å². The molecule has 0 aromatic carbocycles. The molecule has 1 aromatic rings. The second-order valence-electron chi connectivity index (χ2n) is 5.23. The number of ether oxygens (including phenoxy) is 1. The predicted molar refractivity (Wildman–Crippen MR) is 72.2 cm³/mol. The van der Waals surface area contributed by atoms with Crippen LogP contribution in [0.5, 0.6) is 0 Å². The van der Waals surface area contributed by atoms with Gasteiger partial charge >= 0.3 is 0 Å². The van der Waals surface area contributed by atoms with E-state index in [-0.39, 0.29) is 18.1 Å². The van der Waals surface area contributed by atoms with Gasteiger partial charge in [0.1, 0.15) is 0 Å². The van der Waals surface area contributed by atoms with Gasteiger partial charge < -0.3 is 10.1 Å². The van der Waals surface area contributed by atoms with Crippen LogP contribution in [0.2, 0.25) is 0 Å². The van der Waals surface area contributed by atoms with E-state index in [9.17, 15) is 4.79 Å². The average Bonchev–Trinajstić information content (AvgIpc) is 3.05. The minimum Gasteiger partial charge on any atom is -0.376 e. The lowest BCUT2D eigenvalue weighted by molar-refractivity contribution is 0.0714. The second kappa shape index (κ2) is 5.02. The molecule has 18 heavy (non-hydrogen) atoms. The zero-order valence-electron chi connectivity index (χ0n) is 10.7. The molecule has 3 nitrogen and oxygen atoms in total. The van der Waals surface area contributed by atoms with E-state index in [1.165, 1.54) is 16.9 Å². The maximum Gasteiger partial charge on any atom is 0.261 e. The molecule has 0 radical (unpaired) electrons. The van der Waals surface area contributed by atoms with Crippen molar-refractivity contribution < 1.29 is 9.53 Å². The van der Waals surface area contributed by atoms with Gasteiger partial charge in [0.15, 0.2) is 0 Å². The Morgan fingerprint density at radius 1 is 1.50 bits per heavy atom. The SMILES string of the molecule is C[C@@H](NC(=O)c1cc2c(s1)CCC2)[C@@H]1CCCO1. The summed E-state index contributed by atoms with van der Waals surface area (Å²) >= 11 is 1.66. The van der Waals surface area contributed by atoms with E-state index in [0.717, 1.165) is 37.2 Å². The summed E-state index contributed by atoms with van der Waals surface area (Å²) in [6.45, 7) is 2.87. The summed E-state index contributed by atoms with van der Waals surface area (Å²) in [5.74, 6) is 0.0670. The molecular weight excluding hydrogens is 246 g/mol. The first-order chi connectivity index (χ1) is 8.74. The molecular formula is C14H19NO2S. The van der Waals surface area contributed by atoms with Crippen molar-refractivity contribution in [1.82, 2.24) is 5.32 Å². The van der Waals surface area contributed by atoms with Crippen molar-refractivity contribution in [2.45, 2.75) is 51.2 Å². The Bertz CT molecular complexity index is 427. The van der Waals surface area contributed by atoms with Gasteiger partial charge in [-0.15, -0.1) is 11.3 Å². The van der Waals surface area contributed by atoms with Crippen molar-refractivity contribution in [2.24, 2.45) is 0 Å². The normalized spacial score (nSPS) is 23.9. The van der Waals surface area contributed by atoms with E-state index in [1.807, 2.05) is 6.92 Å². The summed E-state index contributed by atoms with van der Waals surface area (Å²) in [6.07, 6.45) is 5.89. The van der Waals surface area contributed by atoms with Gasteiger partial charge in [0.05, 0.1) is 17.0 Å². The fraction of sp³-hybridized carbons (Fsp3) is 0.643. The van der Waals surface area contributed by atoms with Gasteiger partial charge in [0, 0.05) is 11.5 Å².